The van der Waals surface area contributed by atoms with Gasteiger partial charge in [0, 0.05) is 12.3 Å². The lowest BCUT2D eigenvalue weighted by molar-refractivity contribution is -0.218. The molecule has 1 aliphatic carbocycles. The molecule has 1 aromatic heterocycles. The third kappa shape index (κ3) is 5.33. The summed E-state index contributed by atoms with van der Waals surface area (Å²) in [7, 11) is 0. The first-order valence-corrected chi connectivity index (χ1v) is 10.9. The van der Waals surface area contributed by atoms with Gasteiger partial charge in [0.2, 0.25) is 0 Å². The van der Waals surface area contributed by atoms with Crippen LogP contribution >= 0.6 is 0 Å². The highest BCUT2D eigenvalue weighted by molar-refractivity contribution is 5.72. The molecule has 1 saturated carbocycles. The molecular weight excluding hydrogens is 443 g/mol. The van der Waals surface area contributed by atoms with Gasteiger partial charge in [0.05, 0.1) is 11.8 Å². The van der Waals surface area contributed by atoms with Crippen LogP contribution in [0.15, 0.2) is 21.9 Å². The van der Waals surface area contributed by atoms with Crippen LogP contribution in [-0.2, 0) is 30.5 Å². The largest absolute Gasteiger partial charge is 0.459 e. The first kappa shape index (κ1) is 25.1. The van der Waals surface area contributed by atoms with Crippen LogP contribution in [0, 0.1) is 11.8 Å². The maximum absolute atomic E-state index is 15.1. The lowest BCUT2D eigenvalue weighted by Gasteiger charge is -2.23. The summed E-state index contributed by atoms with van der Waals surface area (Å²) in [5.74, 6) is -5.10. The van der Waals surface area contributed by atoms with Gasteiger partial charge in [-0.25, -0.2) is 13.8 Å². The molecule has 33 heavy (non-hydrogen) atoms. The third-order valence-corrected chi connectivity index (χ3v) is 5.90. The Morgan fingerprint density at radius 1 is 1.21 bits per heavy atom. The van der Waals surface area contributed by atoms with Crippen LogP contribution in [0.4, 0.5) is 4.39 Å². The summed E-state index contributed by atoms with van der Waals surface area (Å²) < 4.78 is 31.4. The predicted octanol–water partition coefficient (Wildman–Crippen LogP) is 0.207. The minimum atomic E-state index is -2.98. The standard InChI is InChI=1S/C21H29FN2O9/c1-12(2)18(28)31-10-21(22)16(27)15(26)17(33-21)23-9-8-14(25)24(20(23)30)11-32-19(29)13-6-4-3-5-7-13/h8-9,12-13,15-17,26-27H,3-7,10-11H2,1-2H3/t15-,16+,17-,21-/m1/s1. The SMILES string of the molecule is CC(C)C(=O)OC[C@@]1(F)O[C@@H](n2ccc(=O)n(COC(=O)C3CCCCC3)c2=O)[C@H](O)[C@@H]1O. The first-order valence-electron chi connectivity index (χ1n) is 10.9. The van der Waals surface area contributed by atoms with Crippen molar-refractivity contribution in [2.24, 2.45) is 11.8 Å². The smallest absolute Gasteiger partial charge is 0.335 e. The number of hydrogen-bond donors (Lipinski definition) is 2. The second-order valence-electron chi connectivity index (χ2n) is 8.69. The van der Waals surface area contributed by atoms with E-state index in [-0.39, 0.29) is 5.92 Å². The molecule has 2 heterocycles. The maximum atomic E-state index is 15.1. The van der Waals surface area contributed by atoms with E-state index in [0.29, 0.717) is 22.0 Å². The summed E-state index contributed by atoms with van der Waals surface area (Å²) in [6.45, 7) is 1.39. The fourth-order valence-electron chi connectivity index (χ4n) is 3.86. The van der Waals surface area contributed by atoms with Crippen molar-refractivity contribution in [1.82, 2.24) is 9.13 Å². The van der Waals surface area contributed by atoms with Crippen LogP contribution in [-0.4, -0.2) is 56.0 Å². The van der Waals surface area contributed by atoms with Gasteiger partial charge in [-0.15, -0.1) is 0 Å². The van der Waals surface area contributed by atoms with E-state index in [2.05, 4.69) is 0 Å². The predicted molar refractivity (Wildman–Crippen MR) is 109 cm³/mol. The Kier molecular flexibility index (Phi) is 7.70. The summed E-state index contributed by atoms with van der Waals surface area (Å²) in [5, 5.41) is 20.4. The number of aliphatic hydroxyl groups excluding tert-OH is 2. The molecule has 2 aliphatic rings. The molecule has 1 aliphatic heterocycles. The van der Waals surface area contributed by atoms with E-state index in [1.54, 1.807) is 0 Å². The molecule has 0 spiro atoms. The molecule has 0 unspecified atom stereocenters. The highest BCUT2D eigenvalue weighted by Crippen LogP contribution is 2.38. The number of carbonyl (C=O) groups excluding carboxylic acids is 2. The molecule has 4 atom stereocenters. The van der Waals surface area contributed by atoms with Gasteiger partial charge in [-0.2, -0.15) is 0 Å². The molecule has 3 rings (SSSR count). The third-order valence-electron chi connectivity index (χ3n) is 5.90. The molecule has 0 amide bonds. The van der Waals surface area contributed by atoms with Crippen LogP contribution in [0.5, 0.6) is 0 Å². The van der Waals surface area contributed by atoms with Gasteiger partial charge >= 0.3 is 17.6 Å². The van der Waals surface area contributed by atoms with Gasteiger partial charge < -0.3 is 24.4 Å². The maximum Gasteiger partial charge on any atom is 0.335 e. The topological polar surface area (TPSA) is 146 Å². The van der Waals surface area contributed by atoms with Crippen LogP contribution in [0.2, 0.25) is 0 Å². The summed E-state index contributed by atoms with van der Waals surface area (Å²) in [5.41, 5.74) is -1.82. The van der Waals surface area contributed by atoms with Gasteiger partial charge in [-0.05, 0) is 12.8 Å². The molecule has 0 radical (unpaired) electrons. The van der Waals surface area contributed by atoms with Crippen LogP contribution < -0.4 is 11.2 Å². The number of carbonyl (C=O) groups is 2. The number of hydrogen-bond acceptors (Lipinski definition) is 9. The van der Waals surface area contributed by atoms with Crippen molar-refractivity contribution in [3.05, 3.63) is 33.1 Å². The van der Waals surface area contributed by atoms with Crippen molar-refractivity contribution in [3.8, 4) is 0 Å². The summed E-state index contributed by atoms with van der Waals surface area (Å²) in [6.07, 6.45) is -0.634. The lowest BCUT2D eigenvalue weighted by Crippen LogP contribution is -2.44. The Morgan fingerprint density at radius 2 is 1.88 bits per heavy atom. The van der Waals surface area contributed by atoms with Crippen molar-refractivity contribution in [3.63, 3.8) is 0 Å². The van der Waals surface area contributed by atoms with Crippen LogP contribution in [0.3, 0.4) is 0 Å². The lowest BCUT2D eigenvalue weighted by atomic mass is 9.89. The van der Waals surface area contributed by atoms with Gasteiger partial charge in [0.15, 0.2) is 19.6 Å². The van der Waals surface area contributed by atoms with E-state index in [1.807, 2.05) is 0 Å². The zero-order valence-corrected chi connectivity index (χ0v) is 18.5. The number of aromatic nitrogens is 2. The fourth-order valence-corrected chi connectivity index (χ4v) is 3.86. The molecule has 2 fully saturated rings. The van der Waals surface area contributed by atoms with Gasteiger partial charge in [-0.3, -0.25) is 19.0 Å². The van der Waals surface area contributed by atoms with Crippen molar-refractivity contribution < 1.29 is 38.4 Å². The van der Waals surface area contributed by atoms with Gasteiger partial charge in [0.25, 0.3) is 11.4 Å². The molecular formula is C21H29FN2O9. The van der Waals surface area contributed by atoms with E-state index in [0.717, 1.165) is 31.5 Å². The Bertz CT molecular complexity index is 985. The van der Waals surface area contributed by atoms with E-state index in [4.69, 9.17) is 14.2 Å². The highest BCUT2D eigenvalue weighted by atomic mass is 19.2. The molecule has 0 bridgehead atoms. The second kappa shape index (κ2) is 10.1. The Balaban J connectivity index is 1.76. The fraction of sp³-hybridized carbons (Fsp3) is 0.714. The number of esters is 2. The zero-order valence-electron chi connectivity index (χ0n) is 18.5. The number of rotatable bonds is 7. The Morgan fingerprint density at radius 3 is 2.52 bits per heavy atom. The van der Waals surface area contributed by atoms with Crippen molar-refractivity contribution in [2.75, 3.05) is 6.61 Å². The van der Waals surface area contributed by atoms with Gasteiger partial charge in [0.1, 0.15) is 12.2 Å². The average Bonchev–Trinajstić information content (AvgIpc) is 3.02. The molecule has 2 N–H and O–H groups in total. The Hall–Kier alpha value is -2.57. The summed E-state index contributed by atoms with van der Waals surface area (Å²) in [4.78, 5) is 48.9. The zero-order chi connectivity index (χ0) is 24.3. The molecule has 1 aromatic rings. The minimum Gasteiger partial charge on any atom is -0.459 e. The number of alkyl halides is 1. The van der Waals surface area contributed by atoms with Gasteiger partial charge in [-0.1, -0.05) is 33.1 Å². The van der Waals surface area contributed by atoms with E-state index in [1.165, 1.54) is 13.8 Å². The number of ether oxygens (including phenoxy) is 3. The number of halogens is 1. The van der Waals surface area contributed by atoms with Crippen LogP contribution in [0.25, 0.3) is 0 Å². The molecule has 184 valence electrons. The quantitative estimate of drug-likeness (QED) is 0.532. The summed E-state index contributed by atoms with van der Waals surface area (Å²) in [6, 6.07) is 0.954. The van der Waals surface area contributed by atoms with Crippen molar-refractivity contribution >= 4 is 11.9 Å². The molecule has 0 aromatic carbocycles. The molecule has 12 heteroatoms. The van der Waals surface area contributed by atoms with E-state index >= 15 is 4.39 Å². The normalized spacial score (nSPS) is 28.1. The summed E-state index contributed by atoms with van der Waals surface area (Å²) >= 11 is 0. The monoisotopic (exact) mass is 472 g/mol. The highest BCUT2D eigenvalue weighted by Gasteiger charge is 2.57. The second-order valence-corrected chi connectivity index (χ2v) is 8.69. The van der Waals surface area contributed by atoms with Crippen molar-refractivity contribution in [2.45, 2.75) is 77.0 Å². The molecule has 11 nitrogen and oxygen atoms in total. The Labute approximate surface area is 188 Å². The number of aliphatic hydroxyl groups is 2. The average molecular weight is 472 g/mol. The first-order chi connectivity index (χ1) is 15.5. The minimum absolute atomic E-state index is 0.295. The molecule has 1 saturated heterocycles. The van der Waals surface area contributed by atoms with Crippen LogP contribution in [0.1, 0.15) is 52.2 Å². The van der Waals surface area contributed by atoms with Crippen molar-refractivity contribution in [1.29, 1.82) is 0 Å². The number of nitrogens with zero attached hydrogens (tertiary/aromatic N) is 2. The van der Waals surface area contributed by atoms with E-state index in [9.17, 15) is 29.4 Å². The van der Waals surface area contributed by atoms with E-state index < -0.39 is 66.7 Å².